The minimum atomic E-state index is 0.676. The summed E-state index contributed by atoms with van der Waals surface area (Å²) in [6, 6.07) is 0. The molecule has 0 aliphatic rings. The van der Waals surface area contributed by atoms with Gasteiger partial charge in [0.1, 0.15) is 10.8 Å². The molecule has 2 heterocycles. The zero-order valence-corrected chi connectivity index (χ0v) is 9.68. The highest BCUT2D eigenvalue weighted by atomic mass is 32.1. The van der Waals surface area contributed by atoms with Gasteiger partial charge in [0, 0.05) is 12.1 Å². The van der Waals surface area contributed by atoms with Crippen LogP contribution in [-0.2, 0) is 6.54 Å². The van der Waals surface area contributed by atoms with Crippen LogP contribution in [0.5, 0.6) is 0 Å². The van der Waals surface area contributed by atoms with E-state index in [1.165, 1.54) is 11.3 Å². The Morgan fingerprint density at radius 2 is 2.07 bits per heavy atom. The molecule has 0 aliphatic heterocycles. The summed E-state index contributed by atoms with van der Waals surface area (Å²) in [4.78, 5) is 0. The number of nitrogens with zero attached hydrogens (tertiary/aromatic N) is 3. The Labute approximate surface area is 91.5 Å². The summed E-state index contributed by atoms with van der Waals surface area (Å²) in [5.74, 6) is 0.848. The Morgan fingerprint density at radius 1 is 1.27 bits per heavy atom. The molecule has 5 nitrogen and oxygen atoms in total. The fourth-order valence-corrected chi connectivity index (χ4v) is 1.87. The molecule has 0 fully saturated rings. The Balaban J connectivity index is 2.05. The van der Waals surface area contributed by atoms with E-state index in [0.717, 1.165) is 27.2 Å². The lowest BCUT2D eigenvalue weighted by Crippen LogP contribution is -2.00. The van der Waals surface area contributed by atoms with Gasteiger partial charge >= 0.3 is 0 Å². The number of hydrogen-bond donors (Lipinski definition) is 1. The second kappa shape index (κ2) is 3.98. The standard InChI is InChI=1S/C9H12N4OS/c1-5-8(6(2)14-13-5)4-10-9-12-11-7(3)15-9/h4H2,1-3H3,(H,10,12). The summed E-state index contributed by atoms with van der Waals surface area (Å²) in [7, 11) is 0. The van der Waals surface area contributed by atoms with Crippen LogP contribution in [0.3, 0.4) is 0 Å². The van der Waals surface area contributed by atoms with Crippen molar-refractivity contribution in [2.75, 3.05) is 5.32 Å². The number of nitrogens with one attached hydrogen (secondary N) is 1. The lowest BCUT2D eigenvalue weighted by Gasteiger charge is -2.00. The molecule has 1 N–H and O–H groups in total. The van der Waals surface area contributed by atoms with Crippen LogP contribution in [0.4, 0.5) is 5.13 Å². The van der Waals surface area contributed by atoms with Crippen molar-refractivity contribution < 1.29 is 4.52 Å². The average molecular weight is 224 g/mol. The maximum Gasteiger partial charge on any atom is 0.205 e. The molecule has 0 saturated heterocycles. The molecule has 0 radical (unpaired) electrons. The monoisotopic (exact) mass is 224 g/mol. The number of hydrogen-bond acceptors (Lipinski definition) is 6. The zero-order chi connectivity index (χ0) is 10.8. The lowest BCUT2D eigenvalue weighted by atomic mass is 10.2. The van der Waals surface area contributed by atoms with Gasteiger partial charge in [-0.1, -0.05) is 16.5 Å². The smallest absolute Gasteiger partial charge is 0.205 e. The predicted molar refractivity (Wildman–Crippen MR) is 57.9 cm³/mol. The van der Waals surface area contributed by atoms with E-state index in [1.807, 2.05) is 20.8 Å². The van der Waals surface area contributed by atoms with Crippen molar-refractivity contribution in [1.29, 1.82) is 0 Å². The summed E-state index contributed by atoms with van der Waals surface area (Å²) >= 11 is 1.54. The summed E-state index contributed by atoms with van der Waals surface area (Å²) in [6.07, 6.45) is 0. The zero-order valence-electron chi connectivity index (χ0n) is 8.87. The highest BCUT2D eigenvalue weighted by Gasteiger charge is 2.09. The topological polar surface area (TPSA) is 63.8 Å². The van der Waals surface area contributed by atoms with Gasteiger partial charge < -0.3 is 9.84 Å². The van der Waals surface area contributed by atoms with Gasteiger partial charge in [-0.25, -0.2) is 0 Å². The summed E-state index contributed by atoms with van der Waals surface area (Å²) in [6.45, 7) is 6.44. The van der Waals surface area contributed by atoms with E-state index in [4.69, 9.17) is 4.52 Å². The normalized spacial score (nSPS) is 10.6. The van der Waals surface area contributed by atoms with Crippen molar-refractivity contribution in [3.8, 4) is 0 Å². The Kier molecular flexibility index (Phi) is 2.68. The van der Waals surface area contributed by atoms with E-state index in [-0.39, 0.29) is 0 Å². The Hall–Kier alpha value is -1.43. The number of rotatable bonds is 3. The van der Waals surface area contributed by atoms with E-state index in [2.05, 4.69) is 20.7 Å². The summed E-state index contributed by atoms with van der Waals surface area (Å²) in [5.41, 5.74) is 2.00. The molecule has 15 heavy (non-hydrogen) atoms. The molecule has 0 aromatic carbocycles. The van der Waals surface area contributed by atoms with Crippen molar-refractivity contribution in [3.05, 3.63) is 22.0 Å². The minimum Gasteiger partial charge on any atom is -0.361 e. The molecule has 2 aromatic heterocycles. The molecule has 0 spiro atoms. The lowest BCUT2D eigenvalue weighted by molar-refractivity contribution is 0.392. The second-order valence-electron chi connectivity index (χ2n) is 3.28. The molecule has 2 rings (SSSR count). The Morgan fingerprint density at radius 3 is 2.60 bits per heavy atom. The number of anilines is 1. The van der Waals surface area contributed by atoms with Crippen LogP contribution < -0.4 is 5.32 Å². The predicted octanol–water partition coefficient (Wildman–Crippen LogP) is 2.06. The largest absolute Gasteiger partial charge is 0.361 e. The van der Waals surface area contributed by atoms with E-state index in [9.17, 15) is 0 Å². The highest BCUT2D eigenvalue weighted by Crippen LogP contribution is 2.17. The third-order valence-corrected chi connectivity index (χ3v) is 2.92. The maximum atomic E-state index is 5.07. The van der Waals surface area contributed by atoms with Crippen molar-refractivity contribution in [2.24, 2.45) is 0 Å². The summed E-state index contributed by atoms with van der Waals surface area (Å²) in [5, 5.41) is 16.8. The molecule has 80 valence electrons. The molecule has 0 atom stereocenters. The first kappa shape index (κ1) is 10.1. The molecule has 0 bridgehead atoms. The molecule has 0 unspecified atom stereocenters. The molecule has 2 aromatic rings. The fourth-order valence-electron chi connectivity index (χ4n) is 1.29. The van der Waals surface area contributed by atoms with Gasteiger partial charge in [0.15, 0.2) is 0 Å². The molecule has 0 aliphatic carbocycles. The van der Waals surface area contributed by atoms with Gasteiger partial charge in [-0.05, 0) is 20.8 Å². The van der Waals surface area contributed by atoms with E-state index in [1.54, 1.807) is 0 Å². The van der Waals surface area contributed by atoms with Crippen molar-refractivity contribution >= 4 is 16.5 Å². The van der Waals surface area contributed by atoms with Crippen LogP contribution in [-0.4, -0.2) is 15.4 Å². The van der Waals surface area contributed by atoms with Crippen LogP contribution in [0, 0.1) is 20.8 Å². The molecule has 0 saturated carbocycles. The van der Waals surface area contributed by atoms with Crippen LogP contribution in [0.25, 0.3) is 0 Å². The van der Waals surface area contributed by atoms with E-state index in [0.29, 0.717) is 6.54 Å². The first-order valence-corrected chi connectivity index (χ1v) is 5.44. The van der Waals surface area contributed by atoms with E-state index >= 15 is 0 Å². The van der Waals surface area contributed by atoms with Crippen molar-refractivity contribution in [2.45, 2.75) is 27.3 Å². The third kappa shape index (κ3) is 2.15. The first-order chi connectivity index (χ1) is 7.16. The van der Waals surface area contributed by atoms with Gasteiger partial charge in [-0.15, -0.1) is 10.2 Å². The van der Waals surface area contributed by atoms with Crippen molar-refractivity contribution in [3.63, 3.8) is 0 Å². The van der Waals surface area contributed by atoms with Crippen LogP contribution in [0.1, 0.15) is 22.0 Å². The summed E-state index contributed by atoms with van der Waals surface area (Å²) < 4.78 is 5.07. The average Bonchev–Trinajstić information content (AvgIpc) is 2.73. The molecule has 0 amide bonds. The van der Waals surface area contributed by atoms with Crippen LogP contribution in [0.2, 0.25) is 0 Å². The molecule has 6 heteroatoms. The van der Waals surface area contributed by atoms with Gasteiger partial charge in [0.25, 0.3) is 0 Å². The van der Waals surface area contributed by atoms with Gasteiger partial charge in [-0.2, -0.15) is 0 Å². The van der Waals surface area contributed by atoms with Gasteiger partial charge in [0.2, 0.25) is 5.13 Å². The van der Waals surface area contributed by atoms with Crippen LogP contribution >= 0.6 is 11.3 Å². The quantitative estimate of drug-likeness (QED) is 0.864. The third-order valence-electron chi connectivity index (χ3n) is 2.12. The molecular formula is C9H12N4OS. The van der Waals surface area contributed by atoms with Gasteiger partial charge in [-0.3, -0.25) is 0 Å². The highest BCUT2D eigenvalue weighted by molar-refractivity contribution is 7.15. The SMILES string of the molecule is Cc1nnc(NCc2c(C)noc2C)s1. The molecular weight excluding hydrogens is 212 g/mol. The number of aryl methyl sites for hydroxylation is 3. The van der Waals surface area contributed by atoms with Gasteiger partial charge in [0.05, 0.1) is 5.69 Å². The minimum absolute atomic E-state index is 0.676. The first-order valence-electron chi connectivity index (χ1n) is 4.62. The van der Waals surface area contributed by atoms with Crippen LogP contribution in [0.15, 0.2) is 4.52 Å². The number of aromatic nitrogens is 3. The maximum absolute atomic E-state index is 5.07. The Bertz CT molecular complexity index is 443. The second-order valence-corrected chi connectivity index (χ2v) is 4.46. The fraction of sp³-hybridized carbons (Fsp3) is 0.444. The van der Waals surface area contributed by atoms with E-state index < -0.39 is 0 Å². The van der Waals surface area contributed by atoms with Crippen molar-refractivity contribution in [1.82, 2.24) is 15.4 Å².